The summed E-state index contributed by atoms with van der Waals surface area (Å²) in [5.74, 6) is -0.374. The van der Waals surface area contributed by atoms with Crippen LogP contribution in [0.1, 0.15) is 43.4 Å². The van der Waals surface area contributed by atoms with Gasteiger partial charge in [0.1, 0.15) is 12.2 Å². The molecule has 8 heteroatoms. The van der Waals surface area contributed by atoms with Crippen LogP contribution < -0.4 is 5.32 Å². The van der Waals surface area contributed by atoms with Gasteiger partial charge in [-0.2, -0.15) is 10.2 Å². The Balaban J connectivity index is 2.04. The minimum Gasteiger partial charge on any atom is -0.346 e. The van der Waals surface area contributed by atoms with Crippen molar-refractivity contribution in [2.75, 3.05) is 0 Å². The average molecular weight is 311 g/mol. The van der Waals surface area contributed by atoms with Crippen molar-refractivity contribution in [3.05, 3.63) is 35.4 Å². The lowest BCUT2D eigenvalue weighted by Gasteiger charge is -2.16. The van der Waals surface area contributed by atoms with E-state index in [1.807, 2.05) is 19.9 Å². The highest BCUT2D eigenvalue weighted by atomic mass is 19.3. The fourth-order valence-electron chi connectivity index (χ4n) is 2.34. The van der Waals surface area contributed by atoms with Crippen LogP contribution in [0.3, 0.4) is 0 Å². The Bertz CT molecular complexity index is 649. The van der Waals surface area contributed by atoms with E-state index in [-0.39, 0.29) is 24.2 Å². The third kappa shape index (κ3) is 3.49. The van der Waals surface area contributed by atoms with Crippen LogP contribution in [0, 0.1) is 6.92 Å². The number of carbonyl (C=O) groups is 1. The Morgan fingerprint density at radius 1 is 1.36 bits per heavy atom. The van der Waals surface area contributed by atoms with Gasteiger partial charge in [0.2, 0.25) is 5.91 Å². The normalized spacial score (nSPS) is 12.6. The molecule has 0 aliphatic heterocycles. The second-order valence-electron chi connectivity index (χ2n) is 5.03. The monoisotopic (exact) mass is 311 g/mol. The zero-order chi connectivity index (χ0) is 16.3. The summed E-state index contributed by atoms with van der Waals surface area (Å²) in [7, 11) is 0. The van der Waals surface area contributed by atoms with E-state index in [1.165, 1.54) is 6.07 Å². The van der Waals surface area contributed by atoms with E-state index in [2.05, 4.69) is 15.5 Å². The van der Waals surface area contributed by atoms with E-state index in [4.69, 9.17) is 0 Å². The Labute approximate surface area is 127 Å². The molecule has 1 amide bonds. The summed E-state index contributed by atoms with van der Waals surface area (Å²) in [4.78, 5) is 12.1. The minimum absolute atomic E-state index is 0.238. The molecule has 0 fully saturated rings. The molecule has 0 saturated carbocycles. The van der Waals surface area contributed by atoms with Gasteiger partial charge in [0, 0.05) is 12.7 Å². The molecule has 1 unspecified atom stereocenters. The van der Waals surface area contributed by atoms with Crippen molar-refractivity contribution < 1.29 is 13.6 Å². The van der Waals surface area contributed by atoms with Crippen molar-refractivity contribution in [3.63, 3.8) is 0 Å². The number of aromatic nitrogens is 4. The Hall–Kier alpha value is -2.25. The van der Waals surface area contributed by atoms with Gasteiger partial charge in [-0.3, -0.25) is 14.2 Å². The lowest BCUT2D eigenvalue weighted by molar-refractivity contribution is -0.122. The van der Waals surface area contributed by atoms with Crippen molar-refractivity contribution >= 4 is 5.91 Å². The number of hydrogen-bond donors (Lipinski definition) is 1. The molecule has 0 saturated heterocycles. The third-order valence-corrected chi connectivity index (χ3v) is 3.32. The van der Waals surface area contributed by atoms with E-state index in [0.29, 0.717) is 12.2 Å². The first-order valence-corrected chi connectivity index (χ1v) is 7.06. The summed E-state index contributed by atoms with van der Waals surface area (Å²) in [5.41, 5.74) is 1.07. The van der Waals surface area contributed by atoms with Crippen LogP contribution in [0.4, 0.5) is 8.78 Å². The Kier molecular flexibility index (Phi) is 4.89. The maximum absolute atomic E-state index is 12.9. The molecule has 120 valence electrons. The molecule has 1 N–H and O–H groups in total. The summed E-state index contributed by atoms with van der Waals surface area (Å²) in [6.45, 7) is 5.84. The first kappa shape index (κ1) is 16.1. The van der Waals surface area contributed by atoms with Crippen molar-refractivity contribution in [2.45, 2.75) is 46.3 Å². The summed E-state index contributed by atoms with van der Waals surface area (Å²) in [6.07, 6.45) is -0.999. The first-order chi connectivity index (χ1) is 10.4. The quantitative estimate of drug-likeness (QED) is 0.889. The molecular formula is C14H19F2N5O. The van der Waals surface area contributed by atoms with Crippen molar-refractivity contribution in [3.8, 4) is 0 Å². The highest BCUT2D eigenvalue weighted by molar-refractivity contribution is 5.76. The van der Waals surface area contributed by atoms with Crippen LogP contribution in [0.25, 0.3) is 0 Å². The second kappa shape index (κ2) is 6.67. The summed E-state index contributed by atoms with van der Waals surface area (Å²) < 4.78 is 28.6. The molecule has 0 aliphatic rings. The number of aryl methyl sites for hydroxylation is 2. The maximum Gasteiger partial charge on any atom is 0.280 e. The summed E-state index contributed by atoms with van der Waals surface area (Å²) >= 11 is 0. The topological polar surface area (TPSA) is 64.7 Å². The highest BCUT2D eigenvalue weighted by Crippen LogP contribution is 2.19. The summed E-state index contributed by atoms with van der Waals surface area (Å²) in [6, 6.07) is 2.84. The second-order valence-corrected chi connectivity index (χ2v) is 5.03. The van der Waals surface area contributed by atoms with Crippen LogP contribution in [-0.2, 0) is 17.9 Å². The van der Waals surface area contributed by atoms with Gasteiger partial charge in [-0.15, -0.1) is 0 Å². The number of halogens is 2. The van der Waals surface area contributed by atoms with Gasteiger partial charge in [0.05, 0.1) is 17.4 Å². The van der Waals surface area contributed by atoms with Gasteiger partial charge in [0.25, 0.3) is 6.43 Å². The van der Waals surface area contributed by atoms with Crippen LogP contribution in [0.2, 0.25) is 0 Å². The van der Waals surface area contributed by atoms with Crippen LogP contribution in [0.5, 0.6) is 0 Å². The number of alkyl halides is 2. The molecular weight excluding hydrogens is 292 g/mol. The predicted molar refractivity (Wildman–Crippen MR) is 76.4 cm³/mol. The van der Waals surface area contributed by atoms with E-state index >= 15 is 0 Å². The fraction of sp³-hybridized carbons (Fsp3) is 0.500. The zero-order valence-corrected chi connectivity index (χ0v) is 12.8. The number of nitrogens with one attached hydrogen (secondary N) is 1. The van der Waals surface area contributed by atoms with Crippen molar-refractivity contribution in [1.29, 1.82) is 0 Å². The number of nitrogens with zero attached hydrogens (tertiary/aromatic N) is 4. The molecule has 0 aromatic carbocycles. The number of carbonyl (C=O) groups excluding carboxylic acids is 1. The molecule has 0 radical (unpaired) electrons. The first-order valence-electron chi connectivity index (χ1n) is 7.06. The van der Waals surface area contributed by atoms with Gasteiger partial charge in [0.15, 0.2) is 0 Å². The van der Waals surface area contributed by atoms with Gasteiger partial charge < -0.3 is 5.32 Å². The van der Waals surface area contributed by atoms with E-state index < -0.39 is 6.43 Å². The number of rotatable bonds is 6. The SMILES string of the molecule is CCn1nccc1C(C)NC(=O)Cn1nc(C)cc1C(F)F. The molecule has 1 atom stereocenters. The smallest absolute Gasteiger partial charge is 0.280 e. The fourth-order valence-corrected chi connectivity index (χ4v) is 2.34. The van der Waals surface area contributed by atoms with Gasteiger partial charge >= 0.3 is 0 Å². The van der Waals surface area contributed by atoms with Crippen LogP contribution in [0.15, 0.2) is 18.3 Å². The van der Waals surface area contributed by atoms with Crippen LogP contribution in [-0.4, -0.2) is 25.5 Å². The maximum atomic E-state index is 12.9. The van der Waals surface area contributed by atoms with Crippen LogP contribution >= 0.6 is 0 Å². The molecule has 0 aliphatic carbocycles. The zero-order valence-electron chi connectivity index (χ0n) is 12.8. The standard InChI is InChI=1S/C14H19F2N5O/c1-4-20-11(5-6-17-20)10(3)18-13(22)8-21-12(14(15)16)7-9(2)19-21/h5-7,10,14H,4,8H2,1-3H3,(H,18,22). The minimum atomic E-state index is -2.66. The largest absolute Gasteiger partial charge is 0.346 e. The molecule has 22 heavy (non-hydrogen) atoms. The molecule has 0 bridgehead atoms. The number of hydrogen-bond acceptors (Lipinski definition) is 3. The molecule has 2 rings (SSSR count). The predicted octanol–water partition coefficient (Wildman–Crippen LogP) is 2.22. The Morgan fingerprint density at radius 3 is 2.73 bits per heavy atom. The molecule has 2 aromatic heterocycles. The summed E-state index contributed by atoms with van der Waals surface area (Å²) in [5, 5.41) is 10.8. The molecule has 0 spiro atoms. The van der Waals surface area contributed by atoms with E-state index in [1.54, 1.807) is 17.8 Å². The number of amides is 1. The van der Waals surface area contributed by atoms with E-state index in [0.717, 1.165) is 10.4 Å². The molecule has 2 aromatic rings. The van der Waals surface area contributed by atoms with Crippen molar-refractivity contribution in [2.24, 2.45) is 0 Å². The lowest BCUT2D eigenvalue weighted by Crippen LogP contribution is -2.32. The van der Waals surface area contributed by atoms with Gasteiger partial charge in [-0.05, 0) is 32.9 Å². The molecule has 6 nitrogen and oxygen atoms in total. The third-order valence-electron chi connectivity index (χ3n) is 3.32. The lowest BCUT2D eigenvalue weighted by atomic mass is 10.2. The Morgan fingerprint density at radius 2 is 2.09 bits per heavy atom. The van der Waals surface area contributed by atoms with Gasteiger partial charge in [-0.1, -0.05) is 0 Å². The van der Waals surface area contributed by atoms with Crippen molar-refractivity contribution in [1.82, 2.24) is 24.9 Å². The highest BCUT2D eigenvalue weighted by Gasteiger charge is 2.19. The average Bonchev–Trinajstić information content (AvgIpc) is 3.04. The molecule has 2 heterocycles. The van der Waals surface area contributed by atoms with E-state index in [9.17, 15) is 13.6 Å². The van der Waals surface area contributed by atoms with Gasteiger partial charge in [-0.25, -0.2) is 8.78 Å².